The molecule has 3 N–H and O–H groups in total. The number of aliphatic hydroxyl groups is 3. The summed E-state index contributed by atoms with van der Waals surface area (Å²) in [5, 5.41) is 29.2. The Morgan fingerprint density at radius 2 is 1.92 bits per heavy atom. The SMILES string of the molecule is CC(C)=C[C@H]1OC(=O)/C(=C\C[C@@H](O)/C(C)=C/CC/C(C)=C/CO)[C@@H]1O. The van der Waals surface area contributed by atoms with Crippen molar-refractivity contribution in [3.63, 3.8) is 0 Å². The maximum Gasteiger partial charge on any atom is 0.337 e. The fourth-order valence-electron chi connectivity index (χ4n) is 2.56. The number of ether oxygens (including phenoxy) is 1. The quantitative estimate of drug-likeness (QED) is 0.356. The van der Waals surface area contributed by atoms with Gasteiger partial charge in [0.2, 0.25) is 0 Å². The van der Waals surface area contributed by atoms with Crippen LogP contribution < -0.4 is 0 Å². The highest BCUT2D eigenvalue weighted by Gasteiger charge is 2.37. The van der Waals surface area contributed by atoms with Gasteiger partial charge < -0.3 is 20.1 Å². The van der Waals surface area contributed by atoms with Gasteiger partial charge in [-0.2, -0.15) is 0 Å². The van der Waals surface area contributed by atoms with Crippen molar-refractivity contribution in [3.8, 4) is 0 Å². The molecule has 0 bridgehead atoms. The Balaban J connectivity index is 2.63. The molecule has 1 saturated heterocycles. The van der Waals surface area contributed by atoms with E-state index in [0.717, 1.165) is 29.6 Å². The second-order valence-corrected chi connectivity index (χ2v) is 6.69. The zero-order valence-electron chi connectivity index (χ0n) is 15.5. The summed E-state index contributed by atoms with van der Waals surface area (Å²) in [5.41, 5.74) is 3.08. The summed E-state index contributed by atoms with van der Waals surface area (Å²) < 4.78 is 5.15. The third-order valence-electron chi connectivity index (χ3n) is 4.14. The molecule has 0 aromatic carbocycles. The number of hydrogen-bond acceptors (Lipinski definition) is 5. The van der Waals surface area contributed by atoms with Gasteiger partial charge in [-0.15, -0.1) is 0 Å². The van der Waals surface area contributed by atoms with Gasteiger partial charge in [0.05, 0.1) is 18.3 Å². The molecule has 1 aliphatic heterocycles. The summed E-state index contributed by atoms with van der Waals surface area (Å²) in [7, 11) is 0. The van der Waals surface area contributed by atoms with E-state index in [9.17, 15) is 15.0 Å². The highest BCUT2D eigenvalue weighted by molar-refractivity contribution is 5.92. The van der Waals surface area contributed by atoms with Gasteiger partial charge in [-0.05, 0) is 58.6 Å². The largest absolute Gasteiger partial charge is 0.452 e. The van der Waals surface area contributed by atoms with Gasteiger partial charge in [0.15, 0.2) is 6.10 Å². The van der Waals surface area contributed by atoms with Gasteiger partial charge in [0, 0.05) is 0 Å². The molecule has 1 fully saturated rings. The Morgan fingerprint density at radius 1 is 1.24 bits per heavy atom. The van der Waals surface area contributed by atoms with Crippen molar-refractivity contribution in [1.29, 1.82) is 0 Å². The van der Waals surface area contributed by atoms with Crippen LogP contribution in [0.5, 0.6) is 0 Å². The first kappa shape index (κ1) is 21.4. The second-order valence-electron chi connectivity index (χ2n) is 6.69. The molecule has 25 heavy (non-hydrogen) atoms. The van der Waals surface area contributed by atoms with Crippen LogP contribution >= 0.6 is 0 Å². The third kappa shape index (κ3) is 6.98. The number of esters is 1. The summed E-state index contributed by atoms with van der Waals surface area (Å²) in [6.45, 7) is 7.58. The highest BCUT2D eigenvalue weighted by Crippen LogP contribution is 2.24. The summed E-state index contributed by atoms with van der Waals surface area (Å²) >= 11 is 0. The van der Waals surface area contributed by atoms with E-state index in [4.69, 9.17) is 9.84 Å². The molecule has 0 saturated carbocycles. The zero-order valence-corrected chi connectivity index (χ0v) is 15.5. The number of rotatable bonds is 8. The van der Waals surface area contributed by atoms with E-state index in [2.05, 4.69) is 0 Å². The Labute approximate surface area is 150 Å². The molecular formula is C20H30O5. The van der Waals surface area contributed by atoms with Crippen molar-refractivity contribution < 1.29 is 24.9 Å². The molecule has 0 radical (unpaired) electrons. The van der Waals surface area contributed by atoms with Crippen LogP contribution in [0.2, 0.25) is 0 Å². The minimum atomic E-state index is -0.995. The van der Waals surface area contributed by atoms with Crippen LogP contribution in [0.25, 0.3) is 0 Å². The molecular weight excluding hydrogens is 320 g/mol. The molecule has 0 aromatic rings. The molecule has 1 aliphatic rings. The molecule has 5 heteroatoms. The van der Waals surface area contributed by atoms with E-state index >= 15 is 0 Å². The van der Waals surface area contributed by atoms with Crippen molar-refractivity contribution in [2.75, 3.05) is 6.61 Å². The van der Waals surface area contributed by atoms with Crippen molar-refractivity contribution in [2.45, 2.75) is 65.3 Å². The van der Waals surface area contributed by atoms with E-state index in [0.29, 0.717) is 0 Å². The molecule has 0 spiro atoms. The van der Waals surface area contributed by atoms with Crippen LogP contribution in [-0.4, -0.2) is 46.2 Å². The van der Waals surface area contributed by atoms with E-state index < -0.39 is 24.3 Å². The monoisotopic (exact) mass is 350 g/mol. The van der Waals surface area contributed by atoms with Crippen LogP contribution in [0.1, 0.15) is 47.0 Å². The van der Waals surface area contributed by atoms with Crippen LogP contribution in [0.4, 0.5) is 0 Å². The minimum Gasteiger partial charge on any atom is -0.452 e. The highest BCUT2D eigenvalue weighted by atomic mass is 16.6. The number of aliphatic hydroxyl groups excluding tert-OH is 3. The van der Waals surface area contributed by atoms with Gasteiger partial charge >= 0.3 is 5.97 Å². The molecule has 0 amide bonds. The Kier molecular flexibility index (Phi) is 8.83. The van der Waals surface area contributed by atoms with Crippen LogP contribution in [0.3, 0.4) is 0 Å². The smallest absolute Gasteiger partial charge is 0.337 e. The first-order chi connectivity index (χ1) is 11.8. The summed E-state index contributed by atoms with van der Waals surface area (Å²) in [5.74, 6) is -0.534. The maximum absolute atomic E-state index is 11.9. The van der Waals surface area contributed by atoms with E-state index in [1.165, 1.54) is 0 Å². The standard InChI is InChI=1S/C20H30O5/c1-13(2)12-18-19(23)16(20(24)25-18)8-9-17(22)15(4)7-5-6-14(3)10-11-21/h7-8,10,12,17-19,21-23H,5-6,9,11H2,1-4H3/b14-10+,15-7+,16-8-/t17-,18-,19+/m1/s1. The molecule has 1 heterocycles. The molecule has 0 aromatic heterocycles. The van der Waals surface area contributed by atoms with Crippen molar-refractivity contribution >= 4 is 5.97 Å². The van der Waals surface area contributed by atoms with E-state index in [1.807, 2.05) is 33.8 Å². The molecule has 1 rings (SSSR count). The van der Waals surface area contributed by atoms with Gasteiger partial charge in [-0.1, -0.05) is 29.4 Å². The number of cyclic esters (lactones) is 1. The molecule has 5 nitrogen and oxygen atoms in total. The molecule has 0 unspecified atom stereocenters. The lowest BCUT2D eigenvalue weighted by molar-refractivity contribution is -0.137. The lowest BCUT2D eigenvalue weighted by atomic mass is 10.0. The Morgan fingerprint density at radius 3 is 2.52 bits per heavy atom. The Bertz CT molecular complexity index is 579. The number of hydrogen-bond donors (Lipinski definition) is 3. The first-order valence-electron chi connectivity index (χ1n) is 8.61. The number of allylic oxidation sites excluding steroid dienone is 3. The minimum absolute atomic E-state index is 0.0386. The van der Waals surface area contributed by atoms with Crippen LogP contribution in [0.15, 0.2) is 46.6 Å². The molecule has 3 atom stereocenters. The van der Waals surface area contributed by atoms with Gasteiger partial charge in [0.1, 0.15) is 6.10 Å². The van der Waals surface area contributed by atoms with Crippen LogP contribution in [0, 0.1) is 0 Å². The molecule has 0 aliphatic carbocycles. The number of carbonyl (C=O) groups excluding carboxylic acids is 1. The Hall–Kier alpha value is -1.69. The average Bonchev–Trinajstić information content (AvgIpc) is 2.78. The fourth-order valence-corrected chi connectivity index (χ4v) is 2.56. The number of carbonyl (C=O) groups is 1. The topological polar surface area (TPSA) is 87.0 Å². The van der Waals surface area contributed by atoms with Crippen molar-refractivity contribution in [3.05, 3.63) is 46.6 Å². The van der Waals surface area contributed by atoms with Crippen molar-refractivity contribution in [2.24, 2.45) is 0 Å². The van der Waals surface area contributed by atoms with Gasteiger partial charge in [-0.3, -0.25) is 0 Å². The van der Waals surface area contributed by atoms with Gasteiger partial charge in [-0.25, -0.2) is 4.79 Å². The lowest BCUT2D eigenvalue weighted by Gasteiger charge is -2.11. The van der Waals surface area contributed by atoms with E-state index in [-0.39, 0.29) is 18.6 Å². The summed E-state index contributed by atoms with van der Waals surface area (Å²) in [6.07, 6.45) is 6.47. The average molecular weight is 350 g/mol. The third-order valence-corrected chi connectivity index (χ3v) is 4.14. The van der Waals surface area contributed by atoms with Crippen molar-refractivity contribution in [1.82, 2.24) is 0 Å². The second kappa shape index (κ2) is 10.3. The predicted molar refractivity (Wildman–Crippen MR) is 97.9 cm³/mol. The van der Waals surface area contributed by atoms with Gasteiger partial charge in [0.25, 0.3) is 0 Å². The lowest BCUT2D eigenvalue weighted by Crippen LogP contribution is -2.20. The van der Waals surface area contributed by atoms with E-state index in [1.54, 1.807) is 18.2 Å². The summed E-state index contributed by atoms with van der Waals surface area (Å²) in [6, 6.07) is 0. The molecule has 140 valence electrons. The zero-order chi connectivity index (χ0) is 19.0. The first-order valence-corrected chi connectivity index (χ1v) is 8.61. The maximum atomic E-state index is 11.9. The van der Waals surface area contributed by atoms with Crippen LogP contribution in [-0.2, 0) is 9.53 Å². The normalized spacial score (nSPS) is 24.4. The fraction of sp³-hybridized carbons (Fsp3) is 0.550. The predicted octanol–water partition coefficient (Wildman–Crippen LogP) is 2.58. The summed E-state index contributed by atoms with van der Waals surface area (Å²) in [4.78, 5) is 11.9.